The van der Waals surface area contributed by atoms with Crippen molar-refractivity contribution in [3.63, 3.8) is 0 Å². The van der Waals surface area contributed by atoms with Crippen LogP contribution in [0.2, 0.25) is 0 Å². The number of rotatable bonds is 8. The second kappa shape index (κ2) is 8.00. The Hall–Kier alpha value is -2.29. The molecule has 3 N–H and O–H groups in total. The van der Waals surface area contributed by atoms with E-state index in [1.165, 1.54) is 28.7 Å². The fourth-order valence-corrected chi connectivity index (χ4v) is 3.25. The molecule has 0 bridgehead atoms. The van der Waals surface area contributed by atoms with E-state index < -0.39 is 18.4 Å². The molecule has 2 heterocycles. The lowest BCUT2D eigenvalue weighted by Crippen LogP contribution is -2.29. The van der Waals surface area contributed by atoms with Crippen molar-refractivity contribution in [2.45, 2.75) is 31.7 Å². The summed E-state index contributed by atoms with van der Waals surface area (Å²) in [6.07, 6.45) is 3.42. The van der Waals surface area contributed by atoms with Crippen molar-refractivity contribution in [1.29, 1.82) is 0 Å². The Kier molecular flexibility index (Phi) is 6.02. The maximum atomic E-state index is 12.1. The van der Waals surface area contributed by atoms with E-state index in [1.54, 1.807) is 0 Å². The predicted molar refractivity (Wildman–Crippen MR) is 89.4 cm³/mol. The van der Waals surface area contributed by atoms with Gasteiger partial charge in [0.2, 0.25) is 0 Å². The zero-order valence-corrected chi connectivity index (χ0v) is 14.3. The fraction of sp³-hybridized carbons (Fsp3) is 0.467. The number of pyridine rings is 1. The minimum absolute atomic E-state index is 0.0833. The first-order chi connectivity index (χ1) is 11.4. The van der Waals surface area contributed by atoms with E-state index in [9.17, 15) is 14.7 Å². The molecule has 2 aromatic rings. The van der Waals surface area contributed by atoms with E-state index in [4.69, 9.17) is 5.11 Å². The van der Waals surface area contributed by atoms with E-state index in [0.29, 0.717) is 10.9 Å². The van der Waals surface area contributed by atoms with Crippen molar-refractivity contribution in [3.8, 4) is 5.75 Å². The maximum Gasteiger partial charge on any atom is 0.322 e. The molecule has 0 aromatic carbocycles. The molecule has 130 valence electrons. The number of hydrogen-bond donors (Lipinski definition) is 3. The lowest BCUT2D eigenvalue weighted by Gasteiger charge is -2.11. The molecule has 24 heavy (non-hydrogen) atoms. The first-order valence-electron chi connectivity index (χ1n) is 7.62. The quantitative estimate of drug-likeness (QED) is 0.620. The van der Waals surface area contributed by atoms with E-state index >= 15 is 0 Å². The van der Waals surface area contributed by atoms with E-state index in [-0.39, 0.29) is 17.0 Å². The number of carbonyl (C=O) groups is 2. The average molecular weight is 352 g/mol. The molecule has 0 spiro atoms. The van der Waals surface area contributed by atoms with Crippen LogP contribution in [0.5, 0.6) is 5.75 Å². The van der Waals surface area contributed by atoms with Gasteiger partial charge in [-0.05, 0) is 18.1 Å². The van der Waals surface area contributed by atoms with Gasteiger partial charge in [0.05, 0.1) is 0 Å². The SMILES string of the molecule is CCC(C)CCSc1cc(O)c(C(=O)NCC(=O)O)c2ncnn12. The van der Waals surface area contributed by atoms with Gasteiger partial charge in [-0.2, -0.15) is 5.10 Å². The summed E-state index contributed by atoms with van der Waals surface area (Å²) in [6.45, 7) is 3.78. The van der Waals surface area contributed by atoms with Crippen molar-refractivity contribution < 1.29 is 19.8 Å². The van der Waals surface area contributed by atoms with Crippen molar-refractivity contribution in [2.75, 3.05) is 12.3 Å². The molecule has 9 heteroatoms. The minimum atomic E-state index is -1.17. The van der Waals surface area contributed by atoms with Gasteiger partial charge in [0, 0.05) is 6.07 Å². The molecule has 1 amide bonds. The fourth-order valence-electron chi connectivity index (χ4n) is 2.07. The molecule has 8 nitrogen and oxygen atoms in total. The molecule has 0 aliphatic carbocycles. The van der Waals surface area contributed by atoms with Crippen LogP contribution in [-0.4, -0.2) is 49.0 Å². The molecule has 0 aliphatic rings. The number of amides is 1. The Morgan fingerprint density at radius 3 is 2.88 bits per heavy atom. The largest absolute Gasteiger partial charge is 0.507 e. The number of carbonyl (C=O) groups excluding carboxylic acids is 1. The number of thioether (sulfide) groups is 1. The molecule has 0 saturated carbocycles. The summed E-state index contributed by atoms with van der Waals surface area (Å²) < 4.78 is 1.48. The van der Waals surface area contributed by atoms with Gasteiger partial charge in [0.25, 0.3) is 5.91 Å². The summed E-state index contributed by atoms with van der Waals surface area (Å²) in [5.41, 5.74) is 0.115. The highest BCUT2D eigenvalue weighted by atomic mass is 32.2. The van der Waals surface area contributed by atoms with Crippen LogP contribution in [0.1, 0.15) is 37.0 Å². The molecule has 1 unspecified atom stereocenters. The Labute approximate surface area is 143 Å². The normalized spacial score (nSPS) is 12.2. The van der Waals surface area contributed by atoms with E-state index in [0.717, 1.165) is 18.6 Å². The smallest absolute Gasteiger partial charge is 0.322 e. The summed E-state index contributed by atoms with van der Waals surface area (Å²) in [7, 11) is 0. The molecule has 0 radical (unpaired) electrons. The number of aromatic hydroxyl groups is 1. The lowest BCUT2D eigenvalue weighted by molar-refractivity contribution is -0.135. The average Bonchev–Trinajstić information content (AvgIpc) is 3.01. The molecule has 0 saturated heterocycles. The van der Waals surface area contributed by atoms with Crippen LogP contribution in [0.25, 0.3) is 5.65 Å². The van der Waals surface area contributed by atoms with Gasteiger partial charge in [-0.3, -0.25) is 9.59 Å². The summed E-state index contributed by atoms with van der Waals surface area (Å²) >= 11 is 1.53. The second-order valence-electron chi connectivity index (χ2n) is 5.47. The van der Waals surface area contributed by atoms with Crippen LogP contribution in [0.15, 0.2) is 17.4 Å². The summed E-state index contributed by atoms with van der Waals surface area (Å²) in [6, 6.07) is 1.46. The maximum absolute atomic E-state index is 12.1. The number of aliphatic carboxylic acids is 1. The first kappa shape index (κ1) is 18.1. The summed E-state index contributed by atoms with van der Waals surface area (Å²) in [4.78, 5) is 26.7. The van der Waals surface area contributed by atoms with Crippen molar-refractivity contribution >= 4 is 29.3 Å². The standard InChI is InChI=1S/C15H20N4O4S/c1-3-9(2)4-5-24-11-6-10(20)13(14-17-8-18-19(11)14)15(23)16-7-12(21)22/h6,8-9,20H,3-5,7H2,1-2H3,(H,16,23)(H,21,22). The monoisotopic (exact) mass is 352 g/mol. The lowest BCUT2D eigenvalue weighted by atomic mass is 10.1. The van der Waals surface area contributed by atoms with Crippen LogP contribution < -0.4 is 5.32 Å². The van der Waals surface area contributed by atoms with Crippen LogP contribution in [-0.2, 0) is 4.79 Å². The summed E-state index contributed by atoms with van der Waals surface area (Å²) in [5, 5.41) is 25.8. The highest BCUT2D eigenvalue weighted by Gasteiger charge is 2.21. The minimum Gasteiger partial charge on any atom is -0.507 e. The molecule has 2 rings (SSSR count). The first-order valence-corrected chi connectivity index (χ1v) is 8.61. The van der Waals surface area contributed by atoms with Gasteiger partial charge < -0.3 is 15.5 Å². The number of fused-ring (bicyclic) bond motifs is 1. The number of hydrogen-bond acceptors (Lipinski definition) is 6. The molecular formula is C15H20N4O4S. The van der Waals surface area contributed by atoms with Gasteiger partial charge >= 0.3 is 5.97 Å². The van der Waals surface area contributed by atoms with Gasteiger partial charge in [-0.25, -0.2) is 9.50 Å². The second-order valence-corrected chi connectivity index (χ2v) is 6.58. The van der Waals surface area contributed by atoms with Gasteiger partial charge in [0.15, 0.2) is 5.65 Å². The zero-order valence-electron chi connectivity index (χ0n) is 13.5. The molecular weight excluding hydrogens is 332 g/mol. The Morgan fingerprint density at radius 2 is 2.21 bits per heavy atom. The molecule has 0 fully saturated rings. The highest BCUT2D eigenvalue weighted by Crippen LogP contribution is 2.29. The van der Waals surface area contributed by atoms with E-state index in [1.807, 2.05) is 0 Å². The number of nitrogens with zero attached hydrogens (tertiary/aromatic N) is 3. The molecule has 2 aromatic heterocycles. The third kappa shape index (κ3) is 4.16. The van der Waals surface area contributed by atoms with Gasteiger partial charge in [-0.15, -0.1) is 11.8 Å². The van der Waals surface area contributed by atoms with E-state index in [2.05, 4.69) is 29.2 Å². The van der Waals surface area contributed by atoms with Crippen LogP contribution in [0, 0.1) is 5.92 Å². The number of aromatic nitrogens is 3. The molecule has 0 aliphatic heterocycles. The third-order valence-electron chi connectivity index (χ3n) is 3.68. The Balaban J connectivity index is 2.25. The molecule has 1 atom stereocenters. The van der Waals surface area contributed by atoms with Crippen molar-refractivity contribution in [2.24, 2.45) is 5.92 Å². The Bertz CT molecular complexity index is 746. The third-order valence-corrected chi connectivity index (χ3v) is 4.71. The zero-order chi connectivity index (χ0) is 17.7. The topological polar surface area (TPSA) is 117 Å². The van der Waals surface area contributed by atoms with Crippen molar-refractivity contribution in [1.82, 2.24) is 19.9 Å². The number of carboxylic acids is 1. The van der Waals surface area contributed by atoms with Crippen LogP contribution in [0.4, 0.5) is 0 Å². The summed E-state index contributed by atoms with van der Waals surface area (Å²) in [5.74, 6) is -0.655. The van der Waals surface area contributed by atoms with Crippen molar-refractivity contribution in [3.05, 3.63) is 18.0 Å². The number of carboxylic acid groups (broad SMARTS) is 1. The predicted octanol–water partition coefficient (Wildman–Crippen LogP) is 1.78. The Morgan fingerprint density at radius 1 is 1.46 bits per heavy atom. The van der Waals surface area contributed by atoms with Gasteiger partial charge in [0.1, 0.15) is 29.2 Å². The highest BCUT2D eigenvalue weighted by molar-refractivity contribution is 7.99. The van der Waals surface area contributed by atoms with Crippen LogP contribution in [0.3, 0.4) is 0 Å². The van der Waals surface area contributed by atoms with Gasteiger partial charge in [-0.1, -0.05) is 20.3 Å². The van der Waals surface area contributed by atoms with Crippen LogP contribution >= 0.6 is 11.8 Å². The number of nitrogens with one attached hydrogen (secondary N) is 1.